The van der Waals surface area contributed by atoms with Crippen LogP contribution in [0.1, 0.15) is 31.0 Å². The van der Waals surface area contributed by atoms with Crippen LogP contribution in [0.5, 0.6) is 0 Å². The summed E-state index contributed by atoms with van der Waals surface area (Å²) in [6, 6.07) is 25.4. The molecule has 0 aliphatic heterocycles. The Morgan fingerprint density at radius 2 is 1.67 bits per heavy atom. The second-order valence-corrected chi connectivity index (χ2v) is 9.73. The van der Waals surface area contributed by atoms with Gasteiger partial charge >= 0.3 is 0 Å². The van der Waals surface area contributed by atoms with Gasteiger partial charge in [0.25, 0.3) is 5.56 Å². The van der Waals surface area contributed by atoms with Crippen LogP contribution >= 0.6 is 11.8 Å². The molecule has 3 heterocycles. The number of hydrogen-bond acceptors (Lipinski definition) is 6. The highest BCUT2D eigenvalue weighted by molar-refractivity contribution is 7.98. The molecule has 0 fully saturated rings. The van der Waals surface area contributed by atoms with Gasteiger partial charge < -0.3 is 4.42 Å². The third-order valence-corrected chi connectivity index (χ3v) is 7.08. The summed E-state index contributed by atoms with van der Waals surface area (Å²) < 4.78 is 9.33. The molecule has 0 N–H and O–H groups in total. The minimum absolute atomic E-state index is 0.112. The third kappa shape index (κ3) is 3.79. The second kappa shape index (κ2) is 9.13. The van der Waals surface area contributed by atoms with Crippen molar-refractivity contribution in [2.45, 2.75) is 30.7 Å². The number of hydrogen-bond donors (Lipinski definition) is 0. The Kier molecular flexibility index (Phi) is 5.65. The largest absolute Gasteiger partial charge is 0.444 e. The molecule has 0 amide bonds. The van der Waals surface area contributed by atoms with E-state index in [9.17, 15) is 4.79 Å². The predicted octanol–water partition coefficient (Wildman–Crippen LogP) is 6.10. The van der Waals surface area contributed by atoms with Crippen LogP contribution in [0.2, 0.25) is 0 Å². The quantitative estimate of drug-likeness (QED) is 0.261. The number of fused-ring (bicyclic) bond motifs is 3. The van der Waals surface area contributed by atoms with Crippen molar-refractivity contribution in [3.05, 3.63) is 107 Å². The lowest BCUT2D eigenvalue weighted by atomic mass is 10.0. The van der Waals surface area contributed by atoms with Gasteiger partial charge in [-0.1, -0.05) is 74.1 Å². The van der Waals surface area contributed by atoms with Crippen LogP contribution in [0.4, 0.5) is 0 Å². The zero-order chi connectivity index (χ0) is 24.6. The predicted molar refractivity (Wildman–Crippen MR) is 142 cm³/mol. The molecule has 8 heteroatoms. The highest BCUT2D eigenvalue weighted by Crippen LogP contribution is 2.29. The molecule has 0 saturated carbocycles. The van der Waals surface area contributed by atoms with Crippen molar-refractivity contribution in [3.63, 3.8) is 0 Å². The van der Waals surface area contributed by atoms with Crippen molar-refractivity contribution in [1.82, 2.24) is 24.1 Å². The molecule has 6 aromatic rings. The molecule has 0 spiro atoms. The summed E-state index contributed by atoms with van der Waals surface area (Å²) in [5, 5.41) is 10.3. The van der Waals surface area contributed by atoms with E-state index in [1.807, 2.05) is 77.2 Å². The van der Waals surface area contributed by atoms with Gasteiger partial charge in [-0.3, -0.25) is 9.20 Å². The molecule has 7 nitrogen and oxygen atoms in total. The molecule has 0 atom stereocenters. The van der Waals surface area contributed by atoms with Gasteiger partial charge in [0.2, 0.25) is 11.7 Å². The number of para-hydroxylation sites is 2. The number of thioether (sulfide) groups is 1. The Morgan fingerprint density at radius 3 is 2.50 bits per heavy atom. The fraction of sp³-hybridized carbons (Fsp3) is 0.143. The summed E-state index contributed by atoms with van der Waals surface area (Å²) in [7, 11) is 0. The molecule has 0 aliphatic rings. The van der Waals surface area contributed by atoms with Crippen molar-refractivity contribution in [2.75, 3.05) is 0 Å². The van der Waals surface area contributed by atoms with E-state index in [1.54, 1.807) is 10.8 Å². The molecule has 0 bridgehead atoms. The van der Waals surface area contributed by atoms with Gasteiger partial charge in [-0.15, -0.1) is 10.2 Å². The van der Waals surface area contributed by atoms with Crippen molar-refractivity contribution < 1.29 is 4.42 Å². The first-order valence-electron chi connectivity index (χ1n) is 11.7. The van der Waals surface area contributed by atoms with Gasteiger partial charge in [-0.25, -0.2) is 9.55 Å². The highest BCUT2D eigenvalue weighted by atomic mass is 32.2. The maximum absolute atomic E-state index is 13.7. The fourth-order valence-corrected chi connectivity index (χ4v) is 5.21. The van der Waals surface area contributed by atoms with Gasteiger partial charge in [0, 0.05) is 11.3 Å². The summed E-state index contributed by atoms with van der Waals surface area (Å²) in [5.41, 5.74) is 4.29. The molecule has 0 saturated heterocycles. The van der Waals surface area contributed by atoms with Gasteiger partial charge in [-0.05, 0) is 41.8 Å². The number of rotatable bonds is 6. The summed E-state index contributed by atoms with van der Waals surface area (Å²) >= 11 is 1.50. The van der Waals surface area contributed by atoms with Crippen LogP contribution in [0.25, 0.3) is 33.8 Å². The van der Waals surface area contributed by atoms with Crippen LogP contribution in [0, 0.1) is 0 Å². The number of benzene rings is 3. The van der Waals surface area contributed by atoms with Crippen LogP contribution in [0.3, 0.4) is 0 Å². The molecule has 3 aromatic heterocycles. The van der Waals surface area contributed by atoms with E-state index in [-0.39, 0.29) is 11.5 Å². The Bertz CT molecular complexity index is 1750. The third-order valence-electron chi connectivity index (χ3n) is 6.12. The molecule has 0 radical (unpaired) electrons. The highest BCUT2D eigenvalue weighted by Gasteiger charge is 2.20. The maximum atomic E-state index is 13.7. The first kappa shape index (κ1) is 22.3. The molecular formula is C28H23N5O2S. The van der Waals surface area contributed by atoms with Gasteiger partial charge in [0.1, 0.15) is 6.26 Å². The first-order valence-corrected chi connectivity index (χ1v) is 12.7. The molecule has 0 unspecified atom stereocenters. The Labute approximate surface area is 211 Å². The van der Waals surface area contributed by atoms with Crippen LogP contribution < -0.4 is 5.56 Å². The van der Waals surface area contributed by atoms with Gasteiger partial charge in [0.15, 0.2) is 5.16 Å². The lowest BCUT2D eigenvalue weighted by molar-refractivity contribution is 0.573. The molecule has 0 aliphatic carbocycles. The van der Waals surface area contributed by atoms with E-state index >= 15 is 0 Å². The SMILES string of the molecule is CC(C)c1ccccc1-n1c(=O)c2ccccc2n2c(SCc3coc(-c4ccccc4)n3)nnc12. The number of oxazole rings is 1. The smallest absolute Gasteiger partial charge is 0.267 e. The minimum atomic E-state index is -0.112. The standard InChI is InChI=1S/C28H23N5O2S/c1-18(2)21-12-6-8-14-23(21)32-26(34)22-13-7-9-15-24(22)33-27(32)30-31-28(33)36-17-20-16-35-25(29-20)19-10-4-3-5-11-19/h3-16,18H,17H2,1-2H3. The fourth-order valence-electron chi connectivity index (χ4n) is 4.39. The number of nitrogens with zero attached hydrogens (tertiary/aromatic N) is 5. The van der Waals surface area contributed by atoms with E-state index in [0.29, 0.717) is 28.0 Å². The summed E-state index contributed by atoms with van der Waals surface area (Å²) in [4.78, 5) is 18.3. The van der Waals surface area contributed by atoms with Crippen LogP contribution in [-0.4, -0.2) is 24.1 Å². The average Bonchev–Trinajstić information content (AvgIpc) is 3.56. The monoisotopic (exact) mass is 493 g/mol. The second-order valence-electron chi connectivity index (χ2n) is 8.79. The van der Waals surface area contributed by atoms with Crippen LogP contribution in [0.15, 0.2) is 99.5 Å². The summed E-state index contributed by atoms with van der Waals surface area (Å²) in [6.45, 7) is 4.24. The van der Waals surface area contributed by atoms with E-state index in [4.69, 9.17) is 4.42 Å². The Balaban J connectivity index is 1.46. The van der Waals surface area contributed by atoms with Gasteiger partial charge in [0.05, 0.1) is 22.3 Å². The maximum Gasteiger partial charge on any atom is 0.267 e. The first-order chi connectivity index (χ1) is 17.6. The zero-order valence-electron chi connectivity index (χ0n) is 19.8. The van der Waals surface area contributed by atoms with Crippen LogP contribution in [-0.2, 0) is 5.75 Å². The summed E-state index contributed by atoms with van der Waals surface area (Å²) in [5.74, 6) is 1.86. The zero-order valence-corrected chi connectivity index (χ0v) is 20.6. The lowest BCUT2D eigenvalue weighted by Crippen LogP contribution is -2.23. The minimum Gasteiger partial charge on any atom is -0.444 e. The topological polar surface area (TPSA) is 78.2 Å². The van der Waals surface area contributed by atoms with E-state index in [2.05, 4.69) is 35.1 Å². The van der Waals surface area contributed by atoms with Crippen molar-refractivity contribution in [1.29, 1.82) is 0 Å². The van der Waals surface area contributed by atoms with Crippen molar-refractivity contribution in [2.24, 2.45) is 0 Å². The summed E-state index contributed by atoms with van der Waals surface area (Å²) in [6.07, 6.45) is 1.67. The molecule has 6 rings (SSSR count). The van der Waals surface area contributed by atoms with E-state index < -0.39 is 0 Å². The van der Waals surface area contributed by atoms with Gasteiger partial charge in [-0.2, -0.15) is 0 Å². The van der Waals surface area contributed by atoms with Crippen molar-refractivity contribution >= 4 is 28.4 Å². The molecule has 3 aromatic carbocycles. The molecule has 178 valence electrons. The average molecular weight is 494 g/mol. The Morgan fingerprint density at radius 1 is 0.917 bits per heavy atom. The van der Waals surface area contributed by atoms with E-state index in [0.717, 1.165) is 28.0 Å². The number of aromatic nitrogens is 5. The Hall–Kier alpha value is -4.17. The normalized spacial score (nSPS) is 11.6. The van der Waals surface area contributed by atoms with E-state index in [1.165, 1.54) is 11.8 Å². The lowest BCUT2D eigenvalue weighted by Gasteiger charge is -2.16. The molecule has 36 heavy (non-hydrogen) atoms. The van der Waals surface area contributed by atoms with Crippen molar-refractivity contribution in [3.8, 4) is 17.1 Å². The molecular weight excluding hydrogens is 470 g/mol.